The Bertz CT molecular complexity index is 1620. The van der Waals surface area contributed by atoms with Crippen LogP contribution in [-0.2, 0) is 22.4 Å². The molecule has 2 heterocycles. The van der Waals surface area contributed by atoms with Crippen LogP contribution in [-0.4, -0.2) is 93.4 Å². The summed E-state index contributed by atoms with van der Waals surface area (Å²) in [6, 6.07) is 6.99. The van der Waals surface area contributed by atoms with Gasteiger partial charge in [0, 0.05) is 68.2 Å². The summed E-state index contributed by atoms with van der Waals surface area (Å²) in [5, 5.41) is 16.9. The van der Waals surface area contributed by atoms with Gasteiger partial charge in [-0.2, -0.15) is 0 Å². The Labute approximate surface area is 304 Å². The lowest BCUT2D eigenvalue weighted by molar-refractivity contribution is -0.132. The number of benzene rings is 2. The van der Waals surface area contributed by atoms with Crippen molar-refractivity contribution in [3.8, 4) is 0 Å². The number of nitrogens with zero attached hydrogens (tertiary/aromatic N) is 3. The highest BCUT2D eigenvalue weighted by molar-refractivity contribution is 6.00. The number of aromatic amines is 1. The summed E-state index contributed by atoms with van der Waals surface area (Å²) in [5.41, 5.74) is 2.33. The van der Waals surface area contributed by atoms with Crippen molar-refractivity contribution in [1.82, 2.24) is 30.4 Å². The molecule has 1 aliphatic heterocycles. The average Bonchev–Trinajstić information content (AvgIpc) is 3.62. The average molecular weight is 723 g/mol. The Hall–Kier alpha value is -4.65. The normalized spacial score (nSPS) is 14.5. The first-order chi connectivity index (χ1) is 24.9. The van der Waals surface area contributed by atoms with Crippen LogP contribution in [0, 0.1) is 24.5 Å². The summed E-state index contributed by atoms with van der Waals surface area (Å²) in [6.07, 6.45) is 6.50. The fourth-order valence-corrected chi connectivity index (χ4v) is 6.70. The number of likely N-dealkylation sites (tertiary alicyclic amines) is 1. The second-order valence-electron chi connectivity index (χ2n) is 13.8. The Kier molecular flexibility index (Phi) is 15.3. The van der Waals surface area contributed by atoms with Gasteiger partial charge in [-0.05, 0) is 99.2 Å². The van der Waals surface area contributed by atoms with E-state index in [9.17, 15) is 33.1 Å². The van der Waals surface area contributed by atoms with Gasteiger partial charge in [0.25, 0.3) is 11.8 Å². The quantitative estimate of drug-likeness (QED) is 0.149. The molecule has 4 amide bonds. The Balaban J connectivity index is 1.32. The lowest BCUT2D eigenvalue weighted by Crippen LogP contribution is -2.46. The van der Waals surface area contributed by atoms with Crippen molar-refractivity contribution in [2.75, 3.05) is 32.7 Å². The summed E-state index contributed by atoms with van der Waals surface area (Å²) >= 11 is 0. The predicted octanol–water partition coefficient (Wildman–Crippen LogP) is 4.73. The molecule has 13 heteroatoms. The molecule has 1 aromatic heterocycles. The topological polar surface area (TPSA) is 148 Å². The van der Waals surface area contributed by atoms with E-state index in [2.05, 4.69) is 20.6 Å². The van der Waals surface area contributed by atoms with Crippen LogP contribution in [0.2, 0.25) is 0 Å². The number of imidazole rings is 1. The molecule has 2 aromatic carbocycles. The maximum Gasteiger partial charge on any atom is 0.253 e. The maximum absolute atomic E-state index is 14.1. The zero-order valence-electron chi connectivity index (χ0n) is 30.4. The number of H-pyrrole nitrogens is 1. The molecule has 1 saturated heterocycles. The predicted molar refractivity (Wildman–Crippen MR) is 193 cm³/mol. The van der Waals surface area contributed by atoms with Gasteiger partial charge in [-0.15, -0.1) is 0 Å². The molecule has 52 heavy (non-hydrogen) atoms. The summed E-state index contributed by atoms with van der Waals surface area (Å²) in [5.74, 6) is -2.08. The fourth-order valence-electron chi connectivity index (χ4n) is 6.70. The van der Waals surface area contributed by atoms with Gasteiger partial charge in [0.15, 0.2) is 0 Å². The van der Waals surface area contributed by atoms with Crippen molar-refractivity contribution in [2.45, 2.75) is 90.7 Å². The molecular formula is C39H52F2N6O5. The van der Waals surface area contributed by atoms with E-state index < -0.39 is 29.7 Å². The van der Waals surface area contributed by atoms with E-state index in [1.165, 1.54) is 6.07 Å². The third kappa shape index (κ3) is 12.2. The minimum atomic E-state index is -1.17. The van der Waals surface area contributed by atoms with E-state index in [1.807, 2.05) is 18.7 Å². The van der Waals surface area contributed by atoms with Crippen molar-refractivity contribution >= 4 is 23.6 Å². The molecule has 11 nitrogen and oxygen atoms in total. The van der Waals surface area contributed by atoms with Gasteiger partial charge in [-0.1, -0.05) is 13.8 Å². The highest BCUT2D eigenvalue weighted by Crippen LogP contribution is 2.23. The molecular weight excluding hydrogens is 670 g/mol. The standard InChI is InChI=1S/C39H52F2N6O5/c1-4-12-47(13-5-2)39(52)30-17-26(3)16-29(21-30)38(51)45-34(20-28-18-31(40)22-32(41)19-28)35(48)8-11-43-36(49)7-6-27-9-14-46(15-10-27)37(50)23-33-24-42-25-44-33/h16-19,21-22,24-25,27,34-35,48H,4-15,20,23H2,1-3H3,(H,42,44)(H,43,49)(H,45,51)/t34-,35+/m0/s1. The zero-order chi connectivity index (χ0) is 37.6. The number of aliphatic hydroxyl groups is 1. The minimum Gasteiger partial charge on any atom is -0.391 e. The number of piperidine rings is 1. The third-order valence-corrected chi connectivity index (χ3v) is 9.43. The monoisotopic (exact) mass is 722 g/mol. The largest absolute Gasteiger partial charge is 0.391 e. The number of rotatable bonds is 18. The van der Waals surface area contributed by atoms with Gasteiger partial charge in [-0.25, -0.2) is 13.8 Å². The van der Waals surface area contributed by atoms with Gasteiger partial charge in [-0.3, -0.25) is 19.2 Å². The first kappa shape index (κ1) is 40.1. The molecule has 282 valence electrons. The molecule has 4 rings (SSSR count). The Morgan fingerprint density at radius 3 is 2.31 bits per heavy atom. The highest BCUT2D eigenvalue weighted by Gasteiger charge is 2.26. The van der Waals surface area contributed by atoms with E-state index in [0.29, 0.717) is 56.1 Å². The smallest absolute Gasteiger partial charge is 0.253 e. The van der Waals surface area contributed by atoms with Crippen LogP contribution in [0.1, 0.15) is 96.3 Å². The van der Waals surface area contributed by atoms with Crippen LogP contribution in [0.5, 0.6) is 0 Å². The first-order valence-corrected chi connectivity index (χ1v) is 18.3. The number of aromatic nitrogens is 2. The van der Waals surface area contributed by atoms with Gasteiger partial charge in [0.2, 0.25) is 11.8 Å². The molecule has 1 fully saturated rings. The number of aryl methyl sites for hydroxylation is 1. The van der Waals surface area contributed by atoms with E-state index in [1.54, 1.807) is 36.5 Å². The lowest BCUT2D eigenvalue weighted by Gasteiger charge is -2.32. The van der Waals surface area contributed by atoms with E-state index in [4.69, 9.17) is 0 Å². The minimum absolute atomic E-state index is 0.0518. The highest BCUT2D eigenvalue weighted by atomic mass is 19.1. The summed E-state index contributed by atoms with van der Waals surface area (Å²) in [6.45, 7) is 8.36. The molecule has 0 saturated carbocycles. The fraction of sp³-hybridized carbons (Fsp3) is 0.513. The van der Waals surface area contributed by atoms with Crippen LogP contribution in [0.3, 0.4) is 0 Å². The van der Waals surface area contributed by atoms with Crippen molar-refractivity contribution in [3.05, 3.63) is 88.5 Å². The van der Waals surface area contributed by atoms with Crippen molar-refractivity contribution in [3.63, 3.8) is 0 Å². The second-order valence-corrected chi connectivity index (χ2v) is 13.8. The molecule has 0 aliphatic carbocycles. The summed E-state index contributed by atoms with van der Waals surface area (Å²) < 4.78 is 28.1. The zero-order valence-corrected chi connectivity index (χ0v) is 30.4. The Morgan fingerprint density at radius 1 is 1.00 bits per heavy atom. The summed E-state index contributed by atoms with van der Waals surface area (Å²) in [4.78, 5) is 62.7. The number of nitrogens with one attached hydrogen (secondary N) is 3. The van der Waals surface area contributed by atoms with Crippen LogP contribution in [0.15, 0.2) is 48.9 Å². The van der Waals surface area contributed by atoms with Gasteiger partial charge in [0.05, 0.1) is 24.9 Å². The number of amides is 4. The maximum atomic E-state index is 14.1. The number of halogens is 2. The number of carbonyl (C=O) groups is 4. The van der Waals surface area contributed by atoms with Gasteiger partial charge >= 0.3 is 0 Å². The van der Waals surface area contributed by atoms with Crippen molar-refractivity contribution in [1.29, 1.82) is 0 Å². The van der Waals surface area contributed by atoms with Crippen LogP contribution >= 0.6 is 0 Å². The molecule has 0 unspecified atom stereocenters. The van der Waals surface area contributed by atoms with E-state index >= 15 is 0 Å². The van der Waals surface area contributed by atoms with Crippen LogP contribution in [0.4, 0.5) is 8.78 Å². The SMILES string of the molecule is CCCN(CCC)C(=O)c1cc(C)cc(C(=O)N[C@@H](Cc2cc(F)cc(F)c2)[C@H](O)CCNC(=O)CCC2CCN(C(=O)Cc3cnc[nH]3)CC2)c1. The lowest BCUT2D eigenvalue weighted by atomic mass is 9.92. The van der Waals surface area contributed by atoms with E-state index in [0.717, 1.165) is 49.6 Å². The van der Waals surface area contributed by atoms with E-state index in [-0.39, 0.29) is 54.7 Å². The number of hydrogen-bond acceptors (Lipinski definition) is 6. The number of aliphatic hydroxyl groups excluding tert-OH is 1. The molecule has 2 atom stereocenters. The molecule has 0 bridgehead atoms. The first-order valence-electron chi connectivity index (χ1n) is 18.3. The van der Waals surface area contributed by atoms with Gasteiger partial charge < -0.3 is 30.5 Å². The molecule has 4 N–H and O–H groups in total. The Morgan fingerprint density at radius 2 is 1.67 bits per heavy atom. The van der Waals surface area contributed by atoms with Crippen molar-refractivity contribution < 1.29 is 33.1 Å². The summed E-state index contributed by atoms with van der Waals surface area (Å²) in [7, 11) is 0. The third-order valence-electron chi connectivity index (χ3n) is 9.43. The van der Waals surface area contributed by atoms with Crippen molar-refractivity contribution in [2.24, 2.45) is 5.92 Å². The molecule has 3 aromatic rings. The van der Waals surface area contributed by atoms with Crippen LogP contribution < -0.4 is 10.6 Å². The number of hydrogen-bond donors (Lipinski definition) is 4. The van der Waals surface area contributed by atoms with Crippen LogP contribution in [0.25, 0.3) is 0 Å². The molecule has 0 spiro atoms. The second kappa shape index (κ2) is 19.8. The number of carbonyl (C=O) groups excluding carboxylic acids is 4. The molecule has 0 radical (unpaired) electrons. The molecule has 1 aliphatic rings. The van der Waals surface area contributed by atoms with Gasteiger partial charge in [0.1, 0.15) is 11.6 Å².